The summed E-state index contributed by atoms with van der Waals surface area (Å²) < 4.78 is 3.74. The van der Waals surface area contributed by atoms with Gasteiger partial charge in [-0.05, 0) is 93.7 Å². The van der Waals surface area contributed by atoms with Crippen molar-refractivity contribution in [3.05, 3.63) is 169 Å². The van der Waals surface area contributed by atoms with Crippen LogP contribution in [0.1, 0.15) is 25.0 Å². The highest BCUT2D eigenvalue weighted by Crippen LogP contribution is 2.52. The van der Waals surface area contributed by atoms with Crippen LogP contribution in [0.25, 0.3) is 58.5 Å². The van der Waals surface area contributed by atoms with Crippen LogP contribution in [-0.4, -0.2) is 4.57 Å². The molecule has 0 fully saturated rings. The molecule has 0 amide bonds. The van der Waals surface area contributed by atoms with Crippen molar-refractivity contribution in [2.24, 2.45) is 0 Å². The maximum absolute atomic E-state index is 2.45. The molecule has 0 radical (unpaired) electrons. The number of rotatable bonds is 5. The lowest BCUT2D eigenvalue weighted by Crippen LogP contribution is -2.16. The van der Waals surface area contributed by atoms with Gasteiger partial charge in [0, 0.05) is 37.6 Å². The molecule has 2 nitrogen and oxygen atoms in total. The monoisotopic (exact) mass is 664 g/mol. The average Bonchev–Trinajstić information content (AvgIpc) is 3.91. The highest BCUT2D eigenvalue weighted by atomic mass is 32.1. The average molecular weight is 665 g/mol. The molecule has 49 heavy (non-hydrogen) atoms. The summed E-state index contributed by atoms with van der Waals surface area (Å²) >= 11 is 3.76. The van der Waals surface area contributed by atoms with Gasteiger partial charge in [-0.25, -0.2) is 0 Å². The number of benzene rings is 6. The Morgan fingerprint density at radius 2 is 1.22 bits per heavy atom. The number of nitrogens with zero attached hydrogens (tertiary/aromatic N) is 2. The van der Waals surface area contributed by atoms with E-state index < -0.39 is 0 Å². The van der Waals surface area contributed by atoms with E-state index in [1.165, 1.54) is 86.0 Å². The summed E-state index contributed by atoms with van der Waals surface area (Å²) in [4.78, 5) is 5.02. The maximum atomic E-state index is 2.45. The van der Waals surface area contributed by atoms with Gasteiger partial charge in [0.25, 0.3) is 0 Å². The van der Waals surface area contributed by atoms with Crippen molar-refractivity contribution in [3.63, 3.8) is 0 Å². The summed E-state index contributed by atoms with van der Waals surface area (Å²) in [6, 6.07) is 57.9. The first-order chi connectivity index (χ1) is 24.0. The third kappa shape index (κ3) is 4.38. The molecule has 4 heteroatoms. The molecule has 0 saturated carbocycles. The quantitative estimate of drug-likeness (QED) is 0.178. The Hall–Kier alpha value is -5.42. The molecule has 3 heterocycles. The van der Waals surface area contributed by atoms with Gasteiger partial charge >= 0.3 is 0 Å². The van der Waals surface area contributed by atoms with Crippen LogP contribution < -0.4 is 4.90 Å². The van der Waals surface area contributed by atoms with E-state index in [1.54, 1.807) is 0 Å². The van der Waals surface area contributed by atoms with Crippen LogP contribution in [0, 0.1) is 0 Å². The molecule has 0 saturated heterocycles. The van der Waals surface area contributed by atoms with Crippen LogP contribution in [0.15, 0.2) is 158 Å². The van der Waals surface area contributed by atoms with Crippen molar-refractivity contribution in [1.82, 2.24) is 4.57 Å². The number of aromatic nitrogens is 1. The normalized spacial score (nSPS) is 13.3. The van der Waals surface area contributed by atoms with Crippen molar-refractivity contribution in [3.8, 4) is 26.6 Å². The van der Waals surface area contributed by atoms with E-state index in [2.05, 4.69) is 181 Å². The standard InChI is InChI=1S/C45H32N2S2/c1-45(2)37-18-10-8-16-34(37)35-23-22-33(27-38(35)45)46(32-21-20-29-12-6-7-13-30(29)26-32)43-25-24-41(48-43)42-28-40-44(49-42)36-17-9-11-19-39(36)47(40)31-14-4-3-5-15-31/h3-28H,1-2H3. The van der Waals surface area contributed by atoms with E-state index in [1.807, 2.05) is 22.7 Å². The lowest BCUT2D eigenvalue weighted by Gasteiger charge is -2.27. The Labute approximate surface area is 293 Å². The maximum Gasteiger partial charge on any atom is 0.101 e. The van der Waals surface area contributed by atoms with Gasteiger partial charge in [-0.1, -0.05) is 111 Å². The van der Waals surface area contributed by atoms with Crippen LogP contribution in [0.4, 0.5) is 16.4 Å². The Bertz CT molecular complexity index is 2710. The van der Waals surface area contributed by atoms with E-state index >= 15 is 0 Å². The number of hydrogen-bond acceptors (Lipinski definition) is 3. The van der Waals surface area contributed by atoms with E-state index in [4.69, 9.17) is 0 Å². The second kappa shape index (κ2) is 10.8. The van der Waals surface area contributed by atoms with Crippen LogP contribution in [-0.2, 0) is 5.41 Å². The van der Waals surface area contributed by atoms with Crippen molar-refractivity contribution in [1.29, 1.82) is 0 Å². The van der Waals surface area contributed by atoms with Crippen molar-refractivity contribution < 1.29 is 0 Å². The predicted molar refractivity (Wildman–Crippen MR) is 212 cm³/mol. The summed E-state index contributed by atoms with van der Waals surface area (Å²) in [5.41, 5.74) is 11.4. The third-order valence-electron chi connectivity index (χ3n) is 10.2. The lowest BCUT2D eigenvalue weighted by molar-refractivity contribution is 0.660. The van der Waals surface area contributed by atoms with Crippen LogP contribution in [0.5, 0.6) is 0 Å². The smallest absolute Gasteiger partial charge is 0.101 e. The Morgan fingerprint density at radius 3 is 2.12 bits per heavy atom. The molecule has 0 bridgehead atoms. The number of anilines is 3. The van der Waals surface area contributed by atoms with Gasteiger partial charge in [0.2, 0.25) is 0 Å². The minimum atomic E-state index is -0.0734. The molecule has 1 aliphatic rings. The first-order valence-electron chi connectivity index (χ1n) is 16.8. The zero-order valence-corrected chi connectivity index (χ0v) is 28.9. The highest BCUT2D eigenvalue weighted by molar-refractivity contribution is 7.27. The van der Waals surface area contributed by atoms with Gasteiger partial charge in [0.1, 0.15) is 5.00 Å². The van der Waals surface area contributed by atoms with Crippen molar-refractivity contribution in [2.75, 3.05) is 4.90 Å². The molecule has 10 rings (SSSR count). The second-order valence-electron chi connectivity index (χ2n) is 13.4. The van der Waals surface area contributed by atoms with Gasteiger partial charge in [0.05, 0.1) is 15.7 Å². The predicted octanol–water partition coefficient (Wildman–Crippen LogP) is 13.5. The number of fused-ring (bicyclic) bond motifs is 7. The van der Waals surface area contributed by atoms with Crippen LogP contribution in [0.2, 0.25) is 0 Å². The summed E-state index contributed by atoms with van der Waals surface area (Å²) in [7, 11) is 0. The molecule has 3 aromatic heterocycles. The molecule has 234 valence electrons. The molecular formula is C45H32N2S2. The zero-order valence-electron chi connectivity index (χ0n) is 27.2. The van der Waals surface area contributed by atoms with Gasteiger partial charge in [0.15, 0.2) is 0 Å². The number of hydrogen-bond donors (Lipinski definition) is 0. The lowest BCUT2D eigenvalue weighted by atomic mass is 9.82. The molecule has 0 N–H and O–H groups in total. The van der Waals surface area contributed by atoms with Gasteiger partial charge in [-0.3, -0.25) is 0 Å². The summed E-state index contributed by atoms with van der Waals surface area (Å²) in [5.74, 6) is 0. The minimum absolute atomic E-state index is 0.0734. The van der Waals surface area contributed by atoms with Crippen LogP contribution >= 0.6 is 22.7 Å². The molecule has 1 aliphatic carbocycles. The Kier molecular flexibility index (Phi) is 6.30. The Morgan fingerprint density at radius 1 is 0.510 bits per heavy atom. The summed E-state index contributed by atoms with van der Waals surface area (Å²) in [6.45, 7) is 4.72. The van der Waals surface area contributed by atoms with Gasteiger partial charge in [-0.2, -0.15) is 0 Å². The number of para-hydroxylation sites is 2. The largest absolute Gasteiger partial charge is 0.308 e. The molecule has 0 unspecified atom stereocenters. The minimum Gasteiger partial charge on any atom is -0.308 e. The van der Waals surface area contributed by atoms with E-state index in [0.717, 1.165) is 0 Å². The van der Waals surface area contributed by atoms with Gasteiger partial charge < -0.3 is 9.47 Å². The van der Waals surface area contributed by atoms with Crippen molar-refractivity contribution in [2.45, 2.75) is 19.3 Å². The molecule has 0 spiro atoms. The second-order valence-corrected chi connectivity index (χ2v) is 15.5. The molecule has 0 aliphatic heterocycles. The molecule has 0 atom stereocenters. The topological polar surface area (TPSA) is 8.17 Å². The van der Waals surface area contributed by atoms with E-state index in [0.29, 0.717) is 0 Å². The third-order valence-corrected chi connectivity index (χ3v) is 12.7. The molecule has 9 aromatic rings. The molecule has 6 aromatic carbocycles. The fraction of sp³-hybridized carbons (Fsp3) is 0.0667. The van der Waals surface area contributed by atoms with E-state index in [9.17, 15) is 0 Å². The molecular weight excluding hydrogens is 633 g/mol. The highest BCUT2D eigenvalue weighted by Gasteiger charge is 2.35. The first-order valence-corrected chi connectivity index (χ1v) is 18.4. The summed E-state index contributed by atoms with van der Waals surface area (Å²) in [6.07, 6.45) is 0. The fourth-order valence-corrected chi connectivity index (χ4v) is 10.1. The fourth-order valence-electron chi connectivity index (χ4n) is 7.84. The van der Waals surface area contributed by atoms with Gasteiger partial charge in [-0.15, -0.1) is 22.7 Å². The first kappa shape index (κ1) is 28.6. The zero-order chi connectivity index (χ0) is 32.7. The number of thiophene rings is 2. The van der Waals surface area contributed by atoms with Crippen molar-refractivity contribution >= 4 is 70.9 Å². The SMILES string of the molecule is CC1(C)c2ccccc2-c2ccc(N(c3ccc4ccccc4c3)c3ccc(-c4cc5c(s4)c4ccccc4n5-c4ccccc4)s3)cc21. The van der Waals surface area contributed by atoms with E-state index in [-0.39, 0.29) is 5.41 Å². The summed E-state index contributed by atoms with van der Waals surface area (Å²) in [5, 5.41) is 4.99. The van der Waals surface area contributed by atoms with Crippen LogP contribution in [0.3, 0.4) is 0 Å². The Balaban J connectivity index is 1.13.